The van der Waals surface area contributed by atoms with Crippen molar-refractivity contribution < 1.29 is 0 Å². The molecule has 1 aliphatic rings. The second-order valence-electron chi connectivity index (χ2n) is 6.92. The molecule has 4 rings (SSSR count). The molecule has 2 aromatic carbocycles. The van der Waals surface area contributed by atoms with Crippen LogP contribution in [0.4, 0.5) is 5.82 Å². The van der Waals surface area contributed by atoms with Gasteiger partial charge in [-0.1, -0.05) is 18.1 Å². The smallest absolute Gasteiger partial charge is 0.162 e. The zero-order chi connectivity index (χ0) is 18.8. The van der Waals surface area contributed by atoms with E-state index < -0.39 is 0 Å². The van der Waals surface area contributed by atoms with Crippen molar-refractivity contribution in [3.63, 3.8) is 0 Å². The van der Waals surface area contributed by atoms with Gasteiger partial charge in [0, 0.05) is 34.8 Å². The fraction of sp³-hybridized carbons (Fsp3) is 0.217. The first-order valence-corrected chi connectivity index (χ1v) is 9.16. The summed E-state index contributed by atoms with van der Waals surface area (Å²) in [6.45, 7) is 3.24. The van der Waals surface area contributed by atoms with E-state index in [1.54, 1.807) is 0 Å². The van der Waals surface area contributed by atoms with E-state index in [-0.39, 0.29) is 0 Å². The zero-order valence-electron chi connectivity index (χ0n) is 15.6. The molecule has 1 aliphatic heterocycles. The minimum Gasteiger partial charge on any atom is -0.343 e. The predicted octanol–water partition coefficient (Wildman–Crippen LogP) is 4.30. The number of terminal acetylenes is 1. The van der Waals surface area contributed by atoms with E-state index in [9.17, 15) is 0 Å². The molecule has 0 bridgehead atoms. The molecule has 1 N–H and O–H groups in total. The molecule has 27 heavy (non-hydrogen) atoms. The quantitative estimate of drug-likeness (QED) is 0.712. The summed E-state index contributed by atoms with van der Waals surface area (Å²) in [5, 5.41) is 4.58. The minimum atomic E-state index is 0.408. The second-order valence-corrected chi connectivity index (χ2v) is 6.92. The van der Waals surface area contributed by atoms with Gasteiger partial charge in [-0.2, -0.15) is 0 Å². The molecule has 0 saturated heterocycles. The van der Waals surface area contributed by atoms with E-state index in [0.717, 1.165) is 40.8 Å². The summed E-state index contributed by atoms with van der Waals surface area (Å²) in [5.41, 5.74) is 3.93. The molecule has 134 valence electrons. The Morgan fingerprint density at radius 2 is 1.89 bits per heavy atom. The average molecular weight is 354 g/mol. The van der Waals surface area contributed by atoms with Crippen LogP contribution in [-0.2, 0) is 0 Å². The summed E-state index contributed by atoms with van der Waals surface area (Å²) in [6.07, 6.45) is 8.70. The number of nitrogens with one attached hydrogen (secondary N) is 1. The van der Waals surface area contributed by atoms with Crippen LogP contribution in [0, 0.1) is 12.3 Å². The molecule has 1 atom stereocenters. The number of benzene rings is 2. The van der Waals surface area contributed by atoms with E-state index in [1.165, 1.54) is 5.70 Å². The molecule has 0 fully saturated rings. The molecule has 0 aliphatic carbocycles. The lowest BCUT2D eigenvalue weighted by Crippen LogP contribution is -2.33. The Labute approximate surface area is 160 Å². The third-order valence-corrected chi connectivity index (χ3v) is 5.06. The second kappa shape index (κ2) is 7.22. The number of nitrogens with zero attached hydrogens (tertiary/aromatic N) is 3. The molecular formula is C23H22N4. The van der Waals surface area contributed by atoms with Crippen molar-refractivity contribution in [1.29, 1.82) is 0 Å². The lowest BCUT2D eigenvalue weighted by molar-refractivity contribution is 0.286. The first kappa shape index (κ1) is 17.3. The molecule has 4 heteroatoms. The number of anilines is 1. The highest BCUT2D eigenvalue weighted by molar-refractivity contribution is 5.91. The molecular weight excluding hydrogens is 332 g/mol. The SMILES string of the molecule is C#Cc1ccc(-c2nc(NC3=CC(C)N(C)CC3)c3ccccc3n2)cc1. The van der Waals surface area contributed by atoms with Crippen LogP contribution in [-0.4, -0.2) is 34.5 Å². The molecule has 0 radical (unpaired) electrons. The summed E-state index contributed by atoms with van der Waals surface area (Å²) in [7, 11) is 2.15. The van der Waals surface area contributed by atoms with Gasteiger partial charge in [-0.3, -0.25) is 4.90 Å². The summed E-state index contributed by atoms with van der Waals surface area (Å²) in [5.74, 6) is 4.19. The van der Waals surface area contributed by atoms with Gasteiger partial charge in [0.05, 0.1) is 5.52 Å². The van der Waals surface area contributed by atoms with Crippen molar-refractivity contribution in [2.75, 3.05) is 18.9 Å². The van der Waals surface area contributed by atoms with E-state index in [0.29, 0.717) is 11.9 Å². The van der Waals surface area contributed by atoms with Gasteiger partial charge in [0.1, 0.15) is 5.82 Å². The standard InChI is InChI=1S/C23H22N4/c1-4-17-9-11-18(12-10-17)22-25-21-8-6-5-7-20(21)23(26-22)24-19-13-14-27(3)16(2)15-19/h1,5-12,15-16H,13-14H2,2-3H3,(H,24,25,26). The molecule has 1 aromatic heterocycles. The van der Waals surface area contributed by atoms with E-state index in [4.69, 9.17) is 16.4 Å². The van der Waals surface area contributed by atoms with Crippen molar-refractivity contribution in [2.24, 2.45) is 0 Å². The fourth-order valence-corrected chi connectivity index (χ4v) is 3.27. The highest BCUT2D eigenvalue weighted by atomic mass is 15.1. The summed E-state index contributed by atoms with van der Waals surface area (Å²) >= 11 is 0. The molecule has 2 heterocycles. The van der Waals surface area contributed by atoms with Crippen molar-refractivity contribution in [3.05, 3.63) is 65.9 Å². The van der Waals surface area contributed by atoms with Gasteiger partial charge in [-0.05, 0) is 62.9 Å². The van der Waals surface area contributed by atoms with Gasteiger partial charge in [-0.25, -0.2) is 9.97 Å². The van der Waals surface area contributed by atoms with Crippen LogP contribution in [0.2, 0.25) is 0 Å². The monoisotopic (exact) mass is 354 g/mol. The number of likely N-dealkylation sites (N-methyl/N-ethyl adjacent to an activating group) is 1. The first-order valence-electron chi connectivity index (χ1n) is 9.16. The van der Waals surface area contributed by atoms with Crippen molar-refractivity contribution in [2.45, 2.75) is 19.4 Å². The van der Waals surface area contributed by atoms with Crippen LogP contribution >= 0.6 is 0 Å². The topological polar surface area (TPSA) is 41.1 Å². The van der Waals surface area contributed by atoms with Gasteiger partial charge in [0.25, 0.3) is 0 Å². The van der Waals surface area contributed by atoms with Crippen molar-refractivity contribution in [3.8, 4) is 23.7 Å². The molecule has 4 nitrogen and oxygen atoms in total. The van der Waals surface area contributed by atoms with Gasteiger partial charge in [0.2, 0.25) is 0 Å². The molecule has 0 saturated carbocycles. The van der Waals surface area contributed by atoms with Crippen LogP contribution in [0.25, 0.3) is 22.3 Å². The Hall–Kier alpha value is -3.16. The van der Waals surface area contributed by atoms with Crippen molar-refractivity contribution in [1.82, 2.24) is 14.9 Å². The third-order valence-electron chi connectivity index (χ3n) is 5.06. The fourth-order valence-electron chi connectivity index (χ4n) is 3.27. The molecule has 0 spiro atoms. The zero-order valence-corrected chi connectivity index (χ0v) is 15.6. The number of rotatable bonds is 3. The van der Waals surface area contributed by atoms with Gasteiger partial charge in [-0.15, -0.1) is 6.42 Å². The van der Waals surface area contributed by atoms with Crippen LogP contribution in [0.3, 0.4) is 0 Å². The van der Waals surface area contributed by atoms with Crippen LogP contribution in [0.5, 0.6) is 0 Å². The maximum atomic E-state index is 5.46. The third kappa shape index (κ3) is 3.55. The number of hydrogen-bond acceptors (Lipinski definition) is 4. The Morgan fingerprint density at radius 1 is 1.11 bits per heavy atom. The Bertz CT molecular complexity index is 1040. The number of fused-ring (bicyclic) bond motifs is 1. The van der Waals surface area contributed by atoms with Crippen LogP contribution in [0.15, 0.2) is 60.3 Å². The maximum Gasteiger partial charge on any atom is 0.162 e. The average Bonchev–Trinajstić information content (AvgIpc) is 2.71. The van der Waals surface area contributed by atoms with E-state index >= 15 is 0 Å². The lowest BCUT2D eigenvalue weighted by atomic mass is 10.1. The first-order chi connectivity index (χ1) is 13.1. The van der Waals surface area contributed by atoms with Gasteiger partial charge < -0.3 is 5.32 Å². The van der Waals surface area contributed by atoms with Gasteiger partial charge >= 0.3 is 0 Å². The highest BCUT2D eigenvalue weighted by Crippen LogP contribution is 2.27. The van der Waals surface area contributed by atoms with E-state index in [2.05, 4.69) is 42.3 Å². The Kier molecular flexibility index (Phi) is 4.62. The maximum absolute atomic E-state index is 5.46. The Balaban J connectivity index is 1.77. The number of para-hydroxylation sites is 1. The van der Waals surface area contributed by atoms with Crippen LogP contribution in [0.1, 0.15) is 18.9 Å². The van der Waals surface area contributed by atoms with Crippen LogP contribution < -0.4 is 5.32 Å². The largest absolute Gasteiger partial charge is 0.343 e. The van der Waals surface area contributed by atoms with Gasteiger partial charge in [0.15, 0.2) is 5.82 Å². The Morgan fingerprint density at radius 3 is 2.63 bits per heavy atom. The lowest BCUT2D eigenvalue weighted by Gasteiger charge is -2.29. The summed E-state index contributed by atoms with van der Waals surface area (Å²) in [6, 6.07) is 16.3. The van der Waals surface area contributed by atoms with E-state index in [1.807, 2.05) is 42.5 Å². The normalized spacial score (nSPS) is 17.4. The summed E-state index contributed by atoms with van der Waals surface area (Å²) < 4.78 is 0. The molecule has 3 aromatic rings. The number of aromatic nitrogens is 2. The predicted molar refractivity (Wildman–Crippen MR) is 111 cm³/mol. The minimum absolute atomic E-state index is 0.408. The summed E-state index contributed by atoms with van der Waals surface area (Å²) in [4.78, 5) is 11.9. The molecule has 1 unspecified atom stereocenters. The van der Waals surface area contributed by atoms with Crippen molar-refractivity contribution >= 4 is 16.7 Å². The molecule has 0 amide bonds. The highest BCUT2D eigenvalue weighted by Gasteiger charge is 2.16. The number of hydrogen-bond donors (Lipinski definition) is 1.